The summed E-state index contributed by atoms with van der Waals surface area (Å²) in [5, 5.41) is 3.21. The van der Waals surface area contributed by atoms with E-state index in [0.717, 1.165) is 36.0 Å². The first kappa shape index (κ1) is 13.4. The Morgan fingerprint density at radius 3 is 2.68 bits per heavy atom. The van der Waals surface area contributed by atoms with Crippen LogP contribution in [0.5, 0.6) is 0 Å². The summed E-state index contributed by atoms with van der Waals surface area (Å²) >= 11 is 0. The predicted molar refractivity (Wildman–Crippen MR) is 74.6 cm³/mol. The normalized spacial score (nSPS) is 10.5. The Labute approximate surface area is 112 Å². The van der Waals surface area contributed by atoms with Gasteiger partial charge in [0.2, 0.25) is 0 Å². The maximum absolute atomic E-state index is 5.49. The zero-order valence-corrected chi connectivity index (χ0v) is 11.2. The first-order valence-electron chi connectivity index (χ1n) is 6.35. The van der Waals surface area contributed by atoms with Crippen molar-refractivity contribution in [1.82, 2.24) is 9.97 Å². The molecular formula is C13H19N5O. The molecule has 0 fully saturated rings. The minimum Gasteiger partial charge on any atom is -0.465 e. The van der Waals surface area contributed by atoms with Gasteiger partial charge in [-0.3, -0.25) is 0 Å². The van der Waals surface area contributed by atoms with Gasteiger partial charge in [-0.25, -0.2) is 15.8 Å². The number of anilines is 2. The van der Waals surface area contributed by atoms with Gasteiger partial charge in [-0.1, -0.05) is 6.92 Å². The Hall–Kier alpha value is -2.08. The molecule has 0 spiro atoms. The van der Waals surface area contributed by atoms with Gasteiger partial charge in [0.05, 0.1) is 6.54 Å². The number of hydrogen-bond donors (Lipinski definition) is 3. The van der Waals surface area contributed by atoms with Gasteiger partial charge in [0.15, 0.2) is 0 Å². The van der Waals surface area contributed by atoms with E-state index in [4.69, 9.17) is 10.3 Å². The third-order valence-corrected chi connectivity index (χ3v) is 2.63. The molecule has 0 saturated carbocycles. The molecule has 0 aliphatic heterocycles. The molecule has 102 valence electrons. The predicted octanol–water partition coefficient (Wildman–Crippen LogP) is 2.23. The molecule has 0 aliphatic rings. The van der Waals surface area contributed by atoms with Crippen molar-refractivity contribution in [2.75, 3.05) is 10.7 Å². The summed E-state index contributed by atoms with van der Waals surface area (Å²) in [7, 11) is 0. The SMILES string of the molecule is CCCc1nc(NN)cc(NCc2ccc(C)o2)n1. The van der Waals surface area contributed by atoms with Crippen LogP contribution in [0.2, 0.25) is 0 Å². The standard InChI is InChI=1S/C13H19N5O/c1-3-4-11-16-12(7-13(17-11)18-14)15-8-10-6-5-9(2)19-10/h5-7H,3-4,8,14H2,1-2H3,(H2,15,16,17,18). The number of nitrogen functional groups attached to an aromatic ring is 1. The maximum atomic E-state index is 5.49. The average molecular weight is 261 g/mol. The fourth-order valence-electron chi connectivity index (χ4n) is 1.75. The minimum absolute atomic E-state index is 0.584. The second kappa shape index (κ2) is 6.19. The molecule has 0 atom stereocenters. The lowest BCUT2D eigenvalue weighted by Gasteiger charge is -2.08. The van der Waals surface area contributed by atoms with Crippen molar-refractivity contribution in [1.29, 1.82) is 0 Å². The van der Waals surface area contributed by atoms with E-state index >= 15 is 0 Å². The third kappa shape index (κ3) is 3.69. The molecule has 0 radical (unpaired) electrons. The number of hydrogen-bond acceptors (Lipinski definition) is 6. The number of furan rings is 1. The molecule has 19 heavy (non-hydrogen) atoms. The van der Waals surface area contributed by atoms with Crippen LogP contribution in [-0.4, -0.2) is 9.97 Å². The highest BCUT2D eigenvalue weighted by atomic mass is 16.3. The zero-order chi connectivity index (χ0) is 13.7. The number of nitrogens with two attached hydrogens (primary N) is 1. The Morgan fingerprint density at radius 1 is 1.26 bits per heavy atom. The van der Waals surface area contributed by atoms with E-state index in [-0.39, 0.29) is 0 Å². The van der Waals surface area contributed by atoms with Gasteiger partial charge >= 0.3 is 0 Å². The summed E-state index contributed by atoms with van der Waals surface area (Å²) in [5.41, 5.74) is 2.55. The minimum atomic E-state index is 0.584. The van der Waals surface area contributed by atoms with Crippen LogP contribution in [0, 0.1) is 6.92 Å². The van der Waals surface area contributed by atoms with Crippen LogP contribution in [0.3, 0.4) is 0 Å². The highest BCUT2D eigenvalue weighted by Gasteiger charge is 2.04. The van der Waals surface area contributed by atoms with E-state index < -0.39 is 0 Å². The van der Waals surface area contributed by atoms with Crippen molar-refractivity contribution in [3.05, 3.63) is 35.5 Å². The molecule has 0 aliphatic carbocycles. The van der Waals surface area contributed by atoms with E-state index in [1.165, 1.54) is 0 Å². The molecular weight excluding hydrogens is 242 g/mol. The van der Waals surface area contributed by atoms with E-state index in [0.29, 0.717) is 12.4 Å². The van der Waals surface area contributed by atoms with Crippen molar-refractivity contribution in [2.24, 2.45) is 5.84 Å². The van der Waals surface area contributed by atoms with Crippen molar-refractivity contribution in [2.45, 2.75) is 33.2 Å². The highest BCUT2D eigenvalue weighted by molar-refractivity contribution is 5.47. The molecule has 0 unspecified atom stereocenters. The fourth-order valence-corrected chi connectivity index (χ4v) is 1.75. The number of rotatable bonds is 6. The second-order valence-corrected chi connectivity index (χ2v) is 4.31. The zero-order valence-electron chi connectivity index (χ0n) is 11.2. The van der Waals surface area contributed by atoms with Crippen LogP contribution in [0.1, 0.15) is 30.7 Å². The van der Waals surface area contributed by atoms with Crippen LogP contribution in [0.4, 0.5) is 11.6 Å². The van der Waals surface area contributed by atoms with E-state index in [1.54, 1.807) is 6.07 Å². The molecule has 0 bridgehead atoms. The monoisotopic (exact) mass is 261 g/mol. The molecule has 6 nitrogen and oxygen atoms in total. The Kier molecular flexibility index (Phi) is 4.35. The molecule has 2 heterocycles. The van der Waals surface area contributed by atoms with Gasteiger partial charge in [-0.15, -0.1) is 0 Å². The van der Waals surface area contributed by atoms with Gasteiger partial charge in [-0.05, 0) is 25.5 Å². The Bertz CT molecular complexity index is 538. The van der Waals surface area contributed by atoms with Gasteiger partial charge in [-0.2, -0.15) is 0 Å². The van der Waals surface area contributed by atoms with Crippen LogP contribution < -0.4 is 16.6 Å². The molecule has 0 aromatic carbocycles. The Balaban J connectivity index is 2.08. The lowest BCUT2D eigenvalue weighted by molar-refractivity contribution is 0.490. The van der Waals surface area contributed by atoms with Gasteiger partial charge in [0.1, 0.15) is 29.0 Å². The number of aryl methyl sites for hydroxylation is 2. The smallest absolute Gasteiger partial charge is 0.145 e. The first-order chi connectivity index (χ1) is 9.21. The average Bonchev–Trinajstić information content (AvgIpc) is 2.82. The van der Waals surface area contributed by atoms with Gasteiger partial charge < -0.3 is 15.2 Å². The molecule has 2 aromatic heterocycles. The molecule has 0 amide bonds. The second-order valence-electron chi connectivity index (χ2n) is 4.31. The quantitative estimate of drug-likeness (QED) is 0.546. The summed E-state index contributed by atoms with van der Waals surface area (Å²) in [6, 6.07) is 5.65. The summed E-state index contributed by atoms with van der Waals surface area (Å²) in [4.78, 5) is 8.72. The summed E-state index contributed by atoms with van der Waals surface area (Å²) in [5.74, 6) is 9.30. The summed E-state index contributed by atoms with van der Waals surface area (Å²) in [6.45, 7) is 4.59. The van der Waals surface area contributed by atoms with Crippen molar-refractivity contribution in [3.8, 4) is 0 Å². The van der Waals surface area contributed by atoms with Crippen molar-refractivity contribution < 1.29 is 4.42 Å². The lowest BCUT2D eigenvalue weighted by atomic mass is 10.3. The van der Waals surface area contributed by atoms with Crippen LogP contribution >= 0.6 is 0 Å². The number of aromatic nitrogens is 2. The van der Waals surface area contributed by atoms with Gasteiger partial charge in [0, 0.05) is 12.5 Å². The topological polar surface area (TPSA) is 89.0 Å². The molecule has 0 saturated heterocycles. The summed E-state index contributed by atoms with van der Waals surface area (Å²) < 4.78 is 5.49. The molecule has 4 N–H and O–H groups in total. The van der Waals surface area contributed by atoms with Crippen molar-refractivity contribution in [3.63, 3.8) is 0 Å². The summed E-state index contributed by atoms with van der Waals surface area (Å²) in [6.07, 6.45) is 1.81. The third-order valence-electron chi connectivity index (χ3n) is 2.63. The number of hydrazine groups is 1. The fraction of sp³-hybridized carbons (Fsp3) is 0.385. The molecule has 2 rings (SSSR count). The van der Waals surface area contributed by atoms with Crippen LogP contribution in [0.25, 0.3) is 0 Å². The van der Waals surface area contributed by atoms with Crippen LogP contribution in [-0.2, 0) is 13.0 Å². The largest absolute Gasteiger partial charge is 0.465 e. The highest BCUT2D eigenvalue weighted by Crippen LogP contribution is 2.14. The molecule has 2 aromatic rings. The Morgan fingerprint density at radius 2 is 2.05 bits per heavy atom. The van der Waals surface area contributed by atoms with Crippen molar-refractivity contribution >= 4 is 11.6 Å². The van der Waals surface area contributed by atoms with E-state index in [1.807, 2.05) is 19.1 Å². The van der Waals surface area contributed by atoms with Gasteiger partial charge in [0.25, 0.3) is 0 Å². The van der Waals surface area contributed by atoms with E-state index in [9.17, 15) is 0 Å². The number of nitrogens with one attached hydrogen (secondary N) is 2. The number of nitrogens with zero attached hydrogens (tertiary/aromatic N) is 2. The maximum Gasteiger partial charge on any atom is 0.145 e. The lowest BCUT2D eigenvalue weighted by Crippen LogP contribution is -2.12. The molecule has 6 heteroatoms. The van der Waals surface area contributed by atoms with E-state index in [2.05, 4.69) is 27.6 Å². The van der Waals surface area contributed by atoms with Crippen LogP contribution in [0.15, 0.2) is 22.6 Å². The first-order valence-corrected chi connectivity index (χ1v) is 6.35.